The Morgan fingerprint density at radius 1 is 0.969 bits per heavy atom. The maximum absolute atomic E-state index is 13.4. The highest BCUT2D eigenvalue weighted by atomic mass is 127. The molecule has 0 fully saturated rings. The molecule has 0 aromatic heterocycles. The van der Waals surface area contributed by atoms with E-state index < -0.39 is 22.5 Å². The van der Waals surface area contributed by atoms with Crippen LogP contribution in [0.5, 0.6) is 0 Å². The summed E-state index contributed by atoms with van der Waals surface area (Å²) in [5.41, 5.74) is 6.23. The lowest BCUT2D eigenvalue weighted by atomic mass is 10.1. The Hall–Kier alpha value is -2.72. The molecule has 0 saturated heterocycles. The molecule has 8 heteroatoms. The van der Waals surface area contributed by atoms with Crippen molar-refractivity contribution in [2.24, 2.45) is 5.10 Å². The van der Waals surface area contributed by atoms with Gasteiger partial charge in [0.25, 0.3) is 15.9 Å². The number of amides is 1. The Morgan fingerprint density at radius 2 is 1.62 bits per heavy atom. The molecule has 0 aliphatic heterocycles. The second kappa shape index (κ2) is 10.3. The quantitative estimate of drug-likeness (QED) is 0.259. The summed E-state index contributed by atoms with van der Waals surface area (Å²) in [7, 11) is -3.96. The molecule has 0 spiro atoms. The number of benzene rings is 3. The molecule has 3 aromatic rings. The molecule has 0 aliphatic carbocycles. The van der Waals surface area contributed by atoms with Gasteiger partial charge in [0.1, 0.15) is 6.54 Å². The van der Waals surface area contributed by atoms with Gasteiger partial charge in [-0.15, -0.1) is 0 Å². The largest absolute Gasteiger partial charge is 0.271 e. The molecule has 3 aromatic carbocycles. The molecular formula is C24H24IN3O3S. The number of nitrogens with one attached hydrogen (secondary N) is 1. The van der Waals surface area contributed by atoms with E-state index in [4.69, 9.17) is 0 Å². The van der Waals surface area contributed by atoms with Gasteiger partial charge in [-0.3, -0.25) is 9.10 Å². The Bertz CT molecular complexity index is 1240. The first kappa shape index (κ1) is 23.9. The van der Waals surface area contributed by atoms with Gasteiger partial charge in [0, 0.05) is 3.57 Å². The number of carbonyl (C=O) groups excluding carboxylic acids is 1. The molecular weight excluding hydrogens is 537 g/mol. The van der Waals surface area contributed by atoms with Crippen LogP contribution in [0.2, 0.25) is 0 Å². The SMILES string of the molecule is CC(=NNC(=O)CN(c1cccc(C)c1)S(=O)(=O)c1ccc(C)cc1)c1ccc(I)cc1. The molecule has 0 bridgehead atoms. The van der Waals surface area contributed by atoms with Gasteiger partial charge in [-0.1, -0.05) is 42.0 Å². The van der Waals surface area contributed by atoms with E-state index in [0.717, 1.165) is 24.6 Å². The van der Waals surface area contributed by atoms with E-state index >= 15 is 0 Å². The van der Waals surface area contributed by atoms with Crippen molar-refractivity contribution in [3.05, 3.63) is 93.1 Å². The zero-order chi connectivity index (χ0) is 23.3. The van der Waals surface area contributed by atoms with E-state index in [1.54, 1.807) is 49.4 Å². The lowest BCUT2D eigenvalue weighted by Crippen LogP contribution is -2.39. The van der Waals surface area contributed by atoms with Crippen molar-refractivity contribution in [1.82, 2.24) is 5.43 Å². The van der Waals surface area contributed by atoms with Gasteiger partial charge in [0.15, 0.2) is 0 Å². The second-order valence-corrected chi connectivity index (χ2v) is 10.5. The lowest BCUT2D eigenvalue weighted by molar-refractivity contribution is -0.119. The Labute approximate surface area is 202 Å². The fraction of sp³-hybridized carbons (Fsp3) is 0.167. The summed E-state index contributed by atoms with van der Waals surface area (Å²) < 4.78 is 29.0. The number of anilines is 1. The predicted molar refractivity (Wildman–Crippen MR) is 136 cm³/mol. The summed E-state index contributed by atoms with van der Waals surface area (Å²) in [6, 6.07) is 21.3. The number of rotatable bonds is 7. The molecule has 1 amide bonds. The average Bonchev–Trinajstić information content (AvgIpc) is 2.76. The van der Waals surface area contributed by atoms with Crippen LogP contribution in [-0.4, -0.2) is 26.6 Å². The highest BCUT2D eigenvalue weighted by molar-refractivity contribution is 14.1. The van der Waals surface area contributed by atoms with Crippen LogP contribution >= 0.6 is 22.6 Å². The van der Waals surface area contributed by atoms with Crippen LogP contribution in [0.3, 0.4) is 0 Å². The summed E-state index contributed by atoms with van der Waals surface area (Å²) in [5.74, 6) is -0.535. The molecule has 32 heavy (non-hydrogen) atoms. The van der Waals surface area contributed by atoms with Gasteiger partial charge in [0.05, 0.1) is 16.3 Å². The van der Waals surface area contributed by atoms with Gasteiger partial charge in [-0.25, -0.2) is 13.8 Å². The standard InChI is InChI=1S/C24H24IN3O3S/c1-17-7-13-23(14-8-17)32(30,31)28(22-6-4-5-18(2)15-22)16-24(29)27-26-19(3)20-9-11-21(25)12-10-20/h4-15H,16H2,1-3H3,(H,27,29). The van der Waals surface area contributed by atoms with Crippen LogP contribution in [0.4, 0.5) is 5.69 Å². The number of hydrogen-bond acceptors (Lipinski definition) is 4. The van der Waals surface area contributed by atoms with Crippen molar-refractivity contribution >= 4 is 49.9 Å². The van der Waals surface area contributed by atoms with Crippen molar-refractivity contribution < 1.29 is 13.2 Å². The molecule has 0 atom stereocenters. The number of carbonyl (C=O) groups is 1. The maximum Gasteiger partial charge on any atom is 0.264 e. The average molecular weight is 561 g/mol. The molecule has 0 aliphatic rings. The van der Waals surface area contributed by atoms with E-state index in [9.17, 15) is 13.2 Å². The summed E-state index contributed by atoms with van der Waals surface area (Å²) in [4.78, 5) is 12.8. The molecule has 0 radical (unpaired) electrons. The van der Waals surface area contributed by atoms with Crippen molar-refractivity contribution in [3.8, 4) is 0 Å². The summed E-state index contributed by atoms with van der Waals surface area (Å²) in [6.45, 7) is 5.14. The number of hydrogen-bond donors (Lipinski definition) is 1. The maximum atomic E-state index is 13.4. The third kappa shape index (κ3) is 5.95. The van der Waals surface area contributed by atoms with Gasteiger partial charge in [-0.05, 0) is 90.9 Å². The van der Waals surface area contributed by atoms with Crippen LogP contribution in [0, 0.1) is 17.4 Å². The van der Waals surface area contributed by atoms with Crippen molar-refractivity contribution in [2.75, 3.05) is 10.8 Å². The highest BCUT2D eigenvalue weighted by Crippen LogP contribution is 2.24. The topological polar surface area (TPSA) is 78.8 Å². The number of nitrogens with zero attached hydrogens (tertiary/aromatic N) is 2. The van der Waals surface area contributed by atoms with E-state index in [-0.39, 0.29) is 4.90 Å². The fourth-order valence-electron chi connectivity index (χ4n) is 3.00. The second-order valence-electron chi connectivity index (χ2n) is 7.40. The molecule has 6 nitrogen and oxygen atoms in total. The number of halogens is 1. The van der Waals surface area contributed by atoms with E-state index in [1.165, 1.54) is 0 Å². The normalized spacial score (nSPS) is 11.8. The molecule has 166 valence electrons. The van der Waals surface area contributed by atoms with E-state index in [1.807, 2.05) is 44.2 Å². The fourth-order valence-corrected chi connectivity index (χ4v) is 4.78. The minimum absolute atomic E-state index is 0.121. The molecule has 1 N–H and O–H groups in total. The summed E-state index contributed by atoms with van der Waals surface area (Å²) in [6.07, 6.45) is 0. The molecule has 0 unspecified atom stereocenters. The first-order valence-corrected chi connectivity index (χ1v) is 12.4. The molecule has 0 saturated carbocycles. The number of sulfonamides is 1. The zero-order valence-electron chi connectivity index (χ0n) is 18.0. The smallest absolute Gasteiger partial charge is 0.264 e. The lowest BCUT2D eigenvalue weighted by Gasteiger charge is -2.24. The number of aryl methyl sites for hydroxylation is 2. The first-order chi connectivity index (χ1) is 15.2. The van der Waals surface area contributed by atoms with Crippen LogP contribution in [0.15, 0.2) is 82.8 Å². The monoisotopic (exact) mass is 561 g/mol. The van der Waals surface area contributed by atoms with Gasteiger partial charge < -0.3 is 0 Å². The predicted octanol–water partition coefficient (Wildman–Crippen LogP) is 4.64. The van der Waals surface area contributed by atoms with Crippen LogP contribution in [-0.2, 0) is 14.8 Å². The van der Waals surface area contributed by atoms with Crippen molar-refractivity contribution in [2.45, 2.75) is 25.7 Å². The van der Waals surface area contributed by atoms with Gasteiger partial charge >= 0.3 is 0 Å². The van der Waals surface area contributed by atoms with E-state index in [2.05, 4.69) is 33.1 Å². The van der Waals surface area contributed by atoms with Crippen LogP contribution < -0.4 is 9.73 Å². The molecule has 0 heterocycles. The Morgan fingerprint density at radius 3 is 2.25 bits per heavy atom. The Kier molecular flexibility index (Phi) is 7.68. The minimum atomic E-state index is -3.96. The highest BCUT2D eigenvalue weighted by Gasteiger charge is 2.27. The molecule has 3 rings (SSSR count). The summed E-state index contributed by atoms with van der Waals surface area (Å²) >= 11 is 2.21. The van der Waals surface area contributed by atoms with Crippen LogP contribution in [0.25, 0.3) is 0 Å². The first-order valence-electron chi connectivity index (χ1n) is 9.92. The van der Waals surface area contributed by atoms with Crippen molar-refractivity contribution in [1.29, 1.82) is 0 Å². The van der Waals surface area contributed by atoms with Crippen molar-refractivity contribution in [3.63, 3.8) is 0 Å². The van der Waals surface area contributed by atoms with Gasteiger partial charge in [0.2, 0.25) is 0 Å². The third-order valence-electron chi connectivity index (χ3n) is 4.80. The Balaban J connectivity index is 1.87. The minimum Gasteiger partial charge on any atom is -0.271 e. The summed E-state index contributed by atoms with van der Waals surface area (Å²) in [5, 5.41) is 4.15. The van der Waals surface area contributed by atoms with E-state index in [0.29, 0.717) is 11.4 Å². The number of hydrazone groups is 1. The van der Waals surface area contributed by atoms with Crippen LogP contribution in [0.1, 0.15) is 23.6 Å². The zero-order valence-corrected chi connectivity index (χ0v) is 21.0. The van der Waals surface area contributed by atoms with Gasteiger partial charge in [-0.2, -0.15) is 5.10 Å². The third-order valence-corrected chi connectivity index (χ3v) is 7.30.